The molecule has 15 heavy (non-hydrogen) atoms. The van der Waals surface area contributed by atoms with Crippen molar-refractivity contribution >= 4 is 11.6 Å². The van der Waals surface area contributed by atoms with Crippen molar-refractivity contribution in [2.45, 2.75) is 32.1 Å². The molecule has 0 amide bonds. The summed E-state index contributed by atoms with van der Waals surface area (Å²) in [6, 6.07) is 0. The summed E-state index contributed by atoms with van der Waals surface area (Å²) in [5.74, 6) is 1.41. The Kier molecular flexibility index (Phi) is 3.37. The van der Waals surface area contributed by atoms with Crippen molar-refractivity contribution in [2.24, 2.45) is 0 Å². The molecule has 2 rings (SSSR count). The molecule has 2 heterocycles. The molecular formula is C11H18N4. The molecule has 2 N–H and O–H groups in total. The SMILES string of the molecule is Nc1nccnc1N1CCCCCCC1. The van der Waals surface area contributed by atoms with Crippen LogP contribution >= 0.6 is 0 Å². The molecule has 0 unspecified atom stereocenters. The van der Waals surface area contributed by atoms with Crippen LogP contribution in [0.4, 0.5) is 11.6 Å². The van der Waals surface area contributed by atoms with Crippen molar-refractivity contribution in [1.82, 2.24) is 9.97 Å². The Labute approximate surface area is 90.5 Å². The van der Waals surface area contributed by atoms with Gasteiger partial charge in [-0.15, -0.1) is 0 Å². The molecule has 1 aliphatic rings. The van der Waals surface area contributed by atoms with E-state index in [0.29, 0.717) is 5.82 Å². The highest BCUT2D eigenvalue weighted by atomic mass is 15.2. The molecule has 0 aromatic carbocycles. The standard InChI is InChI=1S/C11H18N4/c12-10-11(14-7-6-13-10)15-8-4-2-1-3-5-9-15/h6-7H,1-5,8-9H2,(H2,12,13). The van der Waals surface area contributed by atoms with E-state index in [1.165, 1.54) is 32.1 Å². The zero-order chi connectivity index (χ0) is 10.5. The van der Waals surface area contributed by atoms with Crippen molar-refractivity contribution in [3.8, 4) is 0 Å². The van der Waals surface area contributed by atoms with Gasteiger partial charge in [0.2, 0.25) is 0 Å². The zero-order valence-corrected chi connectivity index (χ0v) is 9.02. The second-order valence-corrected chi connectivity index (χ2v) is 4.02. The van der Waals surface area contributed by atoms with Crippen molar-refractivity contribution in [1.29, 1.82) is 0 Å². The third-order valence-corrected chi connectivity index (χ3v) is 2.86. The summed E-state index contributed by atoms with van der Waals surface area (Å²) in [6.45, 7) is 2.12. The van der Waals surface area contributed by atoms with E-state index in [1.807, 2.05) is 0 Å². The number of aromatic nitrogens is 2. The molecule has 0 aliphatic carbocycles. The van der Waals surface area contributed by atoms with Crippen LogP contribution in [0.25, 0.3) is 0 Å². The molecule has 0 saturated carbocycles. The van der Waals surface area contributed by atoms with E-state index < -0.39 is 0 Å². The van der Waals surface area contributed by atoms with Crippen LogP contribution in [0.5, 0.6) is 0 Å². The number of nitrogens with two attached hydrogens (primary N) is 1. The summed E-state index contributed by atoms with van der Waals surface area (Å²) >= 11 is 0. The second kappa shape index (κ2) is 4.96. The van der Waals surface area contributed by atoms with Gasteiger partial charge in [0.1, 0.15) is 0 Å². The van der Waals surface area contributed by atoms with Crippen LogP contribution in [0.15, 0.2) is 12.4 Å². The summed E-state index contributed by atoms with van der Waals surface area (Å²) in [4.78, 5) is 10.7. The predicted molar refractivity (Wildman–Crippen MR) is 61.7 cm³/mol. The molecule has 0 atom stereocenters. The molecule has 1 fully saturated rings. The Hall–Kier alpha value is -1.32. The smallest absolute Gasteiger partial charge is 0.171 e. The van der Waals surface area contributed by atoms with Gasteiger partial charge in [-0.2, -0.15) is 0 Å². The Bertz CT molecular complexity index is 305. The molecule has 1 aromatic rings. The average molecular weight is 206 g/mol. The quantitative estimate of drug-likeness (QED) is 0.761. The number of hydrogen-bond acceptors (Lipinski definition) is 4. The summed E-state index contributed by atoms with van der Waals surface area (Å²) in [5.41, 5.74) is 5.83. The Morgan fingerprint density at radius 2 is 1.53 bits per heavy atom. The summed E-state index contributed by atoms with van der Waals surface area (Å²) in [5, 5.41) is 0. The van der Waals surface area contributed by atoms with Gasteiger partial charge in [0, 0.05) is 25.5 Å². The molecule has 82 valence electrons. The lowest BCUT2D eigenvalue weighted by Crippen LogP contribution is -2.28. The number of hydrogen-bond donors (Lipinski definition) is 1. The molecule has 0 spiro atoms. The van der Waals surface area contributed by atoms with Crippen LogP contribution in [0.1, 0.15) is 32.1 Å². The van der Waals surface area contributed by atoms with Crippen molar-refractivity contribution in [3.63, 3.8) is 0 Å². The monoisotopic (exact) mass is 206 g/mol. The summed E-state index contributed by atoms with van der Waals surface area (Å²) < 4.78 is 0. The van der Waals surface area contributed by atoms with Gasteiger partial charge in [0.15, 0.2) is 11.6 Å². The van der Waals surface area contributed by atoms with E-state index in [4.69, 9.17) is 5.73 Å². The van der Waals surface area contributed by atoms with Crippen LogP contribution < -0.4 is 10.6 Å². The average Bonchev–Trinajstić information content (AvgIpc) is 2.19. The first-order valence-corrected chi connectivity index (χ1v) is 5.69. The number of nitrogens with zero attached hydrogens (tertiary/aromatic N) is 3. The lowest BCUT2D eigenvalue weighted by Gasteiger charge is -2.26. The van der Waals surface area contributed by atoms with E-state index in [1.54, 1.807) is 12.4 Å². The van der Waals surface area contributed by atoms with Crippen LogP contribution in [0, 0.1) is 0 Å². The van der Waals surface area contributed by atoms with Crippen molar-refractivity contribution in [2.75, 3.05) is 23.7 Å². The summed E-state index contributed by atoms with van der Waals surface area (Å²) in [6.07, 6.45) is 9.82. The molecular weight excluding hydrogens is 188 g/mol. The van der Waals surface area contributed by atoms with Gasteiger partial charge >= 0.3 is 0 Å². The molecule has 0 bridgehead atoms. The minimum absolute atomic E-state index is 0.554. The first-order chi connectivity index (χ1) is 7.38. The van der Waals surface area contributed by atoms with Gasteiger partial charge in [-0.3, -0.25) is 0 Å². The van der Waals surface area contributed by atoms with Crippen LogP contribution in [-0.4, -0.2) is 23.1 Å². The topological polar surface area (TPSA) is 55.0 Å². The Morgan fingerprint density at radius 3 is 2.20 bits per heavy atom. The van der Waals surface area contributed by atoms with Gasteiger partial charge < -0.3 is 10.6 Å². The maximum absolute atomic E-state index is 5.83. The fourth-order valence-corrected chi connectivity index (χ4v) is 2.04. The van der Waals surface area contributed by atoms with Crippen LogP contribution in [-0.2, 0) is 0 Å². The number of rotatable bonds is 1. The van der Waals surface area contributed by atoms with E-state index in [0.717, 1.165) is 18.9 Å². The highest BCUT2D eigenvalue weighted by molar-refractivity contribution is 5.57. The highest BCUT2D eigenvalue weighted by Gasteiger charge is 2.12. The molecule has 1 aliphatic heterocycles. The molecule has 4 nitrogen and oxygen atoms in total. The molecule has 1 saturated heterocycles. The van der Waals surface area contributed by atoms with Crippen molar-refractivity contribution < 1.29 is 0 Å². The second-order valence-electron chi connectivity index (χ2n) is 4.02. The maximum atomic E-state index is 5.83. The minimum atomic E-state index is 0.554. The first kappa shape index (κ1) is 10.2. The van der Waals surface area contributed by atoms with Gasteiger partial charge in [-0.25, -0.2) is 9.97 Å². The van der Waals surface area contributed by atoms with Gasteiger partial charge in [0.05, 0.1) is 0 Å². The van der Waals surface area contributed by atoms with E-state index in [2.05, 4.69) is 14.9 Å². The molecule has 1 aromatic heterocycles. The first-order valence-electron chi connectivity index (χ1n) is 5.69. The fraction of sp³-hybridized carbons (Fsp3) is 0.636. The van der Waals surface area contributed by atoms with Crippen LogP contribution in [0.2, 0.25) is 0 Å². The lowest BCUT2D eigenvalue weighted by molar-refractivity contribution is 0.554. The van der Waals surface area contributed by atoms with Gasteiger partial charge in [0.25, 0.3) is 0 Å². The number of anilines is 2. The molecule has 0 radical (unpaired) electrons. The summed E-state index contributed by atoms with van der Waals surface area (Å²) in [7, 11) is 0. The van der Waals surface area contributed by atoms with E-state index >= 15 is 0 Å². The zero-order valence-electron chi connectivity index (χ0n) is 9.02. The fourth-order valence-electron chi connectivity index (χ4n) is 2.04. The van der Waals surface area contributed by atoms with E-state index in [9.17, 15) is 0 Å². The lowest BCUT2D eigenvalue weighted by atomic mass is 10.1. The number of nitrogen functional groups attached to an aromatic ring is 1. The van der Waals surface area contributed by atoms with Crippen molar-refractivity contribution in [3.05, 3.63) is 12.4 Å². The largest absolute Gasteiger partial charge is 0.381 e. The predicted octanol–water partition coefficient (Wildman–Crippen LogP) is 1.83. The van der Waals surface area contributed by atoms with Gasteiger partial charge in [-0.1, -0.05) is 19.3 Å². The third-order valence-electron chi connectivity index (χ3n) is 2.86. The molecule has 4 heteroatoms. The Balaban J connectivity index is 2.10. The normalized spacial score (nSPS) is 18.3. The third kappa shape index (κ3) is 2.58. The van der Waals surface area contributed by atoms with E-state index in [-0.39, 0.29) is 0 Å². The highest BCUT2D eigenvalue weighted by Crippen LogP contribution is 2.20. The Morgan fingerprint density at radius 1 is 0.933 bits per heavy atom. The minimum Gasteiger partial charge on any atom is -0.381 e. The van der Waals surface area contributed by atoms with Gasteiger partial charge in [-0.05, 0) is 12.8 Å². The maximum Gasteiger partial charge on any atom is 0.171 e. The van der Waals surface area contributed by atoms with Crippen LogP contribution in [0.3, 0.4) is 0 Å².